The monoisotopic (exact) mass is 180 g/mol. The van der Waals surface area contributed by atoms with Gasteiger partial charge >= 0.3 is 0 Å². The average Bonchev–Trinajstić information content (AvgIpc) is 2.46. The summed E-state index contributed by atoms with van der Waals surface area (Å²) in [7, 11) is 0. The number of nitrogens with zero attached hydrogens (tertiary/aromatic N) is 2. The quantitative estimate of drug-likeness (QED) is 0.669. The number of ketones is 1. The van der Waals surface area contributed by atoms with Gasteiger partial charge in [-0.2, -0.15) is 5.10 Å². The maximum atomic E-state index is 11.1. The van der Waals surface area contributed by atoms with E-state index in [9.17, 15) is 4.79 Å². The maximum Gasteiger partial charge on any atom is 0.163 e. The van der Waals surface area contributed by atoms with Crippen LogP contribution in [-0.2, 0) is 0 Å². The van der Waals surface area contributed by atoms with E-state index in [0.717, 1.165) is 17.7 Å². The van der Waals surface area contributed by atoms with Crippen molar-refractivity contribution >= 4 is 5.78 Å². The molecule has 1 aromatic heterocycles. The molecule has 0 aromatic carbocycles. The van der Waals surface area contributed by atoms with E-state index in [-0.39, 0.29) is 5.78 Å². The summed E-state index contributed by atoms with van der Waals surface area (Å²) in [6.07, 6.45) is 2.68. The van der Waals surface area contributed by atoms with Gasteiger partial charge in [-0.15, -0.1) is 0 Å². The number of hydrogen-bond acceptors (Lipinski definition) is 2. The van der Waals surface area contributed by atoms with E-state index in [1.165, 1.54) is 0 Å². The Morgan fingerprint density at radius 2 is 2.31 bits per heavy atom. The minimum absolute atomic E-state index is 0.0899. The van der Waals surface area contributed by atoms with Crippen LogP contribution in [0.25, 0.3) is 0 Å². The third kappa shape index (κ3) is 1.79. The Hall–Kier alpha value is -1.12. The summed E-state index contributed by atoms with van der Waals surface area (Å²) in [4.78, 5) is 11.1. The van der Waals surface area contributed by atoms with Gasteiger partial charge in [0, 0.05) is 11.7 Å². The van der Waals surface area contributed by atoms with Crippen LogP contribution >= 0.6 is 0 Å². The van der Waals surface area contributed by atoms with Gasteiger partial charge < -0.3 is 0 Å². The van der Waals surface area contributed by atoms with E-state index >= 15 is 0 Å². The van der Waals surface area contributed by atoms with Crippen molar-refractivity contribution in [3.05, 3.63) is 17.5 Å². The first kappa shape index (κ1) is 9.96. The molecule has 0 saturated heterocycles. The smallest absolute Gasteiger partial charge is 0.163 e. The lowest BCUT2D eigenvalue weighted by molar-refractivity contribution is 0.101. The lowest BCUT2D eigenvalue weighted by Gasteiger charge is -2.11. The van der Waals surface area contributed by atoms with Crippen molar-refractivity contribution in [2.45, 2.75) is 40.2 Å². The summed E-state index contributed by atoms with van der Waals surface area (Å²) < 4.78 is 1.91. The third-order valence-electron chi connectivity index (χ3n) is 2.43. The van der Waals surface area contributed by atoms with Gasteiger partial charge in [0.1, 0.15) is 0 Å². The third-order valence-corrected chi connectivity index (χ3v) is 2.43. The molecule has 0 bridgehead atoms. The van der Waals surface area contributed by atoms with Crippen LogP contribution in [0.2, 0.25) is 0 Å². The Kier molecular flexibility index (Phi) is 2.86. The van der Waals surface area contributed by atoms with Crippen molar-refractivity contribution in [1.29, 1.82) is 0 Å². The number of hydrogen-bond donors (Lipinski definition) is 0. The van der Waals surface area contributed by atoms with Crippen LogP contribution in [0.3, 0.4) is 0 Å². The van der Waals surface area contributed by atoms with Gasteiger partial charge in [-0.1, -0.05) is 6.92 Å². The molecule has 3 nitrogen and oxygen atoms in total. The summed E-state index contributed by atoms with van der Waals surface area (Å²) in [5.41, 5.74) is 1.71. The van der Waals surface area contributed by atoms with Crippen LogP contribution in [0.1, 0.15) is 49.3 Å². The summed E-state index contributed by atoms with van der Waals surface area (Å²) >= 11 is 0. The standard InChI is InChI=1S/C10H16N2O/c1-5-7(2)12-8(3)10(6-11-12)9(4)13/h6-7H,5H2,1-4H3. The highest BCUT2D eigenvalue weighted by atomic mass is 16.1. The summed E-state index contributed by atoms with van der Waals surface area (Å²) in [5, 5.41) is 4.20. The molecule has 1 heterocycles. The van der Waals surface area contributed by atoms with Crippen LogP contribution in [0.15, 0.2) is 6.20 Å². The molecule has 1 unspecified atom stereocenters. The van der Waals surface area contributed by atoms with E-state index < -0.39 is 0 Å². The Labute approximate surface area is 78.8 Å². The molecule has 1 rings (SSSR count). The Morgan fingerprint density at radius 1 is 1.69 bits per heavy atom. The van der Waals surface area contributed by atoms with E-state index in [4.69, 9.17) is 0 Å². The zero-order chi connectivity index (χ0) is 10.0. The zero-order valence-electron chi connectivity index (χ0n) is 8.66. The molecule has 3 heteroatoms. The zero-order valence-corrected chi connectivity index (χ0v) is 8.66. The molecule has 0 aliphatic carbocycles. The van der Waals surface area contributed by atoms with Gasteiger partial charge in [-0.25, -0.2) is 0 Å². The van der Waals surface area contributed by atoms with Crippen molar-refractivity contribution in [3.63, 3.8) is 0 Å². The number of rotatable bonds is 3. The highest BCUT2D eigenvalue weighted by Crippen LogP contribution is 2.15. The highest BCUT2D eigenvalue weighted by molar-refractivity contribution is 5.94. The van der Waals surface area contributed by atoms with E-state index in [0.29, 0.717) is 6.04 Å². The summed E-state index contributed by atoms with van der Waals surface area (Å²) in [6, 6.07) is 0.369. The molecule has 0 aliphatic rings. The number of aromatic nitrogens is 2. The van der Waals surface area contributed by atoms with Gasteiger partial charge in [0.25, 0.3) is 0 Å². The van der Waals surface area contributed by atoms with Crippen LogP contribution in [0.4, 0.5) is 0 Å². The second-order valence-corrected chi connectivity index (χ2v) is 3.40. The fourth-order valence-electron chi connectivity index (χ4n) is 1.39. The second kappa shape index (κ2) is 3.73. The lowest BCUT2D eigenvalue weighted by Crippen LogP contribution is -2.08. The summed E-state index contributed by atoms with van der Waals surface area (Å²) in [6.45, 7) is 7.73. The lowest BCUT2D eigenvalue weighted by atomic mass is 10.2. The van der Waals surface area contributed by atoms with Crippen molar-refractivity contribution in [3.8, 4) is 0 Å². The predicted molar refractivity (Wildman–Crippen MR) is 52.0 cm³/mol. The van der Waals surface area contributed by atoms with Crippen LogP contribution < -0.4 is 0 Å². The first-order chi connectivity index (χ1) is 6.07. The fourth-order valence-corrected chi connectivity index (χ4v) is 1.39. The molecule has 13 heavy (non-hydrogen) atoms. The molecule has 0 amide bonds. The van der Waals surface area contributed by atoms with E-state index in [1.807, 2.05) is 11.6 Å². The van der Waals surface area contributed by atoms with Gasteiger partial charge in [0.2, 0.25) is 0 Å². The molecule has 0 saturated carbocycles. The number of carbonyl (C=O) groups excluding carboxylic acids is 1. The van der Waals surface area contributed by atoms with Crippen molar-refractivity contribution < 1.29 is 4.79 Å². The minimum Gasteiger partial charge on any atom is -0.294 e. The van der Waals surface area contributed by atoms with Crippen LogP contribution in [0.5, 0.6) is 0 Å². The topological polar surface area (TPSA) is 34.9 Å². The molecule has 0 fully saturated rings. The SMILES string of the molecule is CCC(C)n1ncc(C(C)=O)c1C. The Morgan fingerprint density at radius 3 is 2.69 bits per heavy atom. The van der Waals surface area contributed by atoms with Gasteiger partial charge in [-0.05, 0) is 27.2 Å². The second-order valence-electron chi connectivity index (χ2n) is 3.40. The van der Waals surface area contributed by atoms with E-state index in [1.54, 1.807) is 13.1 Å². The van der Waals surface area contributed by atoms with Crippen LogP contribution in [-0.4, -0.2) is 15.6 Å². The Balaban J connectivity index is 3.06. The molecule has 1 atom stereocenters. The molecule has 0 N–H and O–H groups in total. The molecular weight excluding hydrogens is 164 g/mol. The summed E-state index contributed by atoms with van der Waals surface area (Å²) in [5.74, 6) is 0.0899. The molecular formula is C10H16N2O. The molecule has 0 aliphatic heterocycles. The molecule has 1 aromatic rings. The van der Waals surface area contributed by atoms with Gasteiger partial charge in [0.15, 0.2) is 5.78 Å². The highest BCUT2D eigenvalue weighted by Gasteiger charge is 2.12. The first-order valence-electron chi connectivity index (χ1n) is 4.63. The molecule has 0 radical (unpaired) electrons. The Bertz CT molecular complexity index is 315. The van der Waals surface area contributed by atoms with Crippen molar-refractivity contribution in [1.82, 2.24) is 9.78 Å². The van der Waals surface area contributed by atoms with Crippen molar-refractivity contribution in [2.75, 3.05) is 0 Å². The largest absolute Gasteiger partial charge is 0.294 e. The van der Waals surface area contributed by atoms with E-state index in [2.05, 4.69) is 18.9 Å². The van der Waals surface area contributed by atoms with Gasteiger partial charge in [-0.3, -0.25) is 9.48 Å². The molecule has 72 valence electrons. The maximum absolute atomic E-state index is 11.1. The normalized spacial score (nSPS) is 12.9. The fraction of sp³-hybridized carbons (Fsp3) is 0.600. The van der Waals surface area contributed by atoms with Crippen LogP contribution in [0, 0.1) is 6.92 Å². The van der Waals surface area contributed by atoms with Crippen molar-refractivity contribution in [2.24, 2.45) is 0 Å². The number of Topliss-reactive ketones (excluding diaryl/α,β-unsaturated/α-hetero) is 1. The first-order valence-corrected chi connectivity index (χ1v) is 4.63. The van der Waals surface area contributed by atoms with Gasteiger partial charge in [0.05, 0.1) is 11.8 Å². The number of carbonyl (C=O) groups is 1. The average molecular weight is 180 g/mol. The molecule has 0 spiro atoms. The predicted octanol–water partition coefficient (Wildman–Crippen LogP) is 2.37. The minimum atomic E-state index is 0.0899.